The van der Waals surface area contributed by atoms with Crippen molar-refractivity contribution in [3.05, 3.63) is 95.6 Å². The average molecular weight is 386 g/mol. The first kappa shape index (κ1) is 18.9. The zero-order valence-electron chi connectivity index (χ0n) is 16.0. The molecule has 0 saturated carbocycles. The molecule has 3 aromatic carbocycles. The first-order chi connectivity index (χ1) is 14.2. The standard InChI is InChI=1S/C24H22N2O3/c27-23(18-6-2-1-3-7-18)21-8-4-5-9-22(21)24(28)25-19-10-12-20(13-11-19)26-14-16-29-17-15-26/h1-13H,14-17H2,(H,25,28). The molecule has 0 bridgehead atoms. The summed E-state index contributed by atoms with van der Waals surface area (Å²) < 4.78 is 5.38. The minimum absolute atomic E-state index is 0.168. The van der Waals surface area contributed by atoms with Crippen molar-refractivity contribution in [1.82, 2.24) is 0 Å². The Morgan fingerprint density at radius 1 is 0.759 bits per heavy atom. The number of morpholine rings is 1. The van der Waals surface area contributed by atoms with Crippen molar-refractivity contribution in [3.63, 3.8) is 0 Å². The molecule has 0 radical (unpaired) electrons. The molecule has 5 nitrogen and oxygen atoms in total. The van der Waals surface area contributed by atoms with Gasteiger partial charge in [-0.1, -0.05) is 48.5 Å². The van der Waals surface area contributed by atoms with E-state index in [0.29, 0.717) is 22.4 Å². The number of carbonyl (C=O) groups is 2. The summed E-state index contributed by atoms with van der Waals surface area (Å²) in [6, 6.07) is 23.6. The summed E-state index contributed by atoms with van der Waals surface area (Å²) in [5, 5.41) is 2.90. The Hall–Kier alpha value is -3.44. The Labute approximate surface area is 169 Å². The van der Waals surface area contributed by atoms with E-state index in [4.69, 9.17) is 4.74 Å². The molecule has 0 aromatic heterocycles. The van der Waals surface area contributed by atoms with E-state index < -0.39 is 0 Å². The van der Waals surface area contributed by atoms with Crippen molar-refractivity contribution in [2.24, 2.45) is 0 Å². The van der Waals surface area contributed by atoms with Gasteiger partial charge in [0.05, 0.1) is 18.8 Å². The lowest BCUT2D eigenvalue weighted by molar-refractivity contribution is 0.0996. The van der Waals surface area contributed by atoms with Crippen LogP contribution in [0.3, 0.4) is 0 Å². The highest BCUT2D eigenvalue weighted by Gasteiger charge is 2.18. The molecule has 146 valence electrons. The number of carbonyl (C=O) groups excluding carboxylic acids is 2. The summed E-state index contributed by atoms with van der Waals surface area (Å²) in [7, 11) is 0. The van der Waals surface area contributed by atoms with Crippen molar-refractivity contribution >= 4 is 23.1 Å². The summed E-state index contributed by atoms with van der Waals surface area (Å²) in [6.07, 6.45) is 0. The number of hydrogen-bond donors (Lipinski definition) is 1. The van der Waals surface area contributed by atoms with Crippen LogP contribution in [0.25, 0.3) is 0 Å². The molecule has 1 heterocycles. The van der Waals surface area contributed by atoms with E-state index in [-0.39, 0.29) is 11.7 Å². The third-order valence-electron chi connectivity index (χ3n) is 4.95. The smallest absolute Gasteiger partial charge is 0.256 e. The molecule has 5 heteroatoms. The third kappa shape index (κ3) is 4.36. The lowest BCUT2D eigenvalue weighted by Crippen LogP contribution is -2.36. The van der Waals surface area contributed by atoms with Crippen molar-refractivity contribution in [1.29, 1.82) is 0 Å². The Morgan fingerprint density at radius 3 is 2.07 bits per heavy atom. The van der Waals surface area contributed by atoms with Crippen LogP contribution in [-0.4, -0.2) is 38.0 Å². The maximum Gasteiger partial charge on any atom is 0.256 e. The Balaban J connectivity index is 1.51. The van der Waals surface area contributed by atoms with Crippen LogP contribution in [0, 0.1) is 0 Å². The Bertz CT molecular complexity index is 994. The van der Waals surface area contributed by atoms with Crippen molar-refractivity contribution in [2.45, 2.75) is 0 Å². The summed E-state index contributed by atoms with van der Waals surface area (Å²) in [6.45, 7) is 3.18. The summed E-state index contributed by atoms with van der Waals surface area (Å²) in [5.74, 6) is -0.469. The van der Waals surface area contributed by atoms with E-state index in [1.54, 1.807) is 36.4 Å². The molecule has 1 saturated heterocycles. The molecule has 3 aromatic rings. The predicted molar refractivity (Wildman–Crippen MR) is 114 cm³/mol. The van der Waals surface area contributed by atoms with E-state index in [1.165, 1.54) is 0 Å². The van der Waals surface area contributed by atoms with Crippen LogP contribution >= 0.6 is 0 Å². The van der Waals surface area contributed by atoms with Crippen molar-refractivity contribution < 1.29 is 14.3 Å². The second-order valence-electron chi connectivity index (χ2n) is 6.84. The number of hydrogen-bond acceptors (Lipinski definition) is 4. The SMILES string of the molecule is O=C(Nc1ccc(N2CCOCC2)cc1)c1ccccc1C(=O)c1ccccc1. The molecular weight excluding hydrogens is 364 g/mol. The number of nitrogens with zero attached hydrogens (tertiary/aromatic N) is 1. The predicted octanol–water partition coefficient (Wildman–Crippen LogP) is 4.01. The molecule has 0 unspecified atom stereocenters. The molecule has 4 rings (SSSR count). The maximum atomic E-state index is 12.9. The van der Waals surface area contributed by atoms with E-state index >= 15 is 0 Å². The Kier molecular flexibility index (Phi) is 5.68. The number of ether oxygens (including phenoxy) is 1. The summed E-state index contributed by atoms with van der Waals surface area (Å²) >= 11 is 0. The topological polar surface area (TPSA) is 58.6 Å². The van der Waals surface area contributed by atoms with Gasteiger partial charge in [0.25, 0.3) is 5.91 Å². The second kappa shape index (κ2) is 8.71. The molecule has 0 atom stereocenters. The Morgan fingerprint density at radius 2 is 1.38 bits per heavy atom. The van der Waals surface area contributed by atoms with E-state index in [1.807, 2.05) is 42.5 Å². The summed E-state index contributed by atoms with van der Waals surface area (Å²) in [4.78, 5) is 28.0. The van der Waals surface area contributed by atoms with Gasteiger partial charge in [-0.25, -0.2) is 0 Å². The lowest BCUT2D eigenvalue weighted by atomic mass is 9.98. The van der Waals surface area contributed by atoms with Gasteiger partial charge in [-0.15, -0.1) is 0 Å². The molecule has 0 aliphatic carbocycles. The fraction of sp³-hybridized carbons (Fsp3) is 0.167. The van der Waals surface area contributed by atoms with Crippen LogP contribution in [0.2, 0.25) is 0 Å². The van der Waals surface area contributed by atoms with Crippen LogP contribution in [-0.2, 0) is 4.74 Å². The van der Waals surface area contributed by atoms with Crippen LogP contribution in [0.1, 0.15) is 26.3 Å². The van der Waals surface area contributed by atoms with Gasteiger partial charge >= 0.3 is 0 Å². The molecule has 1 amide bonds. The first-order valence-corrected chi connectivity index (χ1v) is 9.65. The maximum absolute atomic E-state index is 12.9. The molecule has 1 aliphatic heterocycles. The zero-order valence-corrected chi connectivity index (χ0v) is 16.0. The number of rotatable bonds is 5. The minimum atomic E-state index is -0.302. The quantitative estimate of drug-likeness (QED) is 0.673. The fourth-order valence-corrected chi connectivity index (χ4v) is 3.40. The van der Waals surface area contributed by atoms with Gasteiger partial charge in [0.2, 0.25) is 0 Å². The first-order valence-electron chi connectivity index (χ1n) is 9.65. The lowest BCUT2D eigenvalue weighted by Gasteiger charge is -2.28. The molecule has 1 fully saturated rings. The van der Waals surface area contributed by atoms with Crippen molar-refractivity contribution in [2.75, 3.05) is 36.5 Å². The van der Waals surface area contributed by atoms with Gasteiger partial charge in [-0.05, 0) is 30.3 Å². The highest BCUT2D eigenvalue weighted by Crippen LogP contribution is 2.21. The fourth-order valence-electron chi connectivity index (χ4n) is 3.40. The minimum Gasteiger partial charge on any atom is -0.378 e. The molecule has 1 aliphatic rings. The highest BCUT2D eigenvalue weighted by molar-refractivity contribution is 6.17. The van der Waals surface area contributed by atoms with Crippen LogP contribution in [0.5, 0.6) is 0 Å². The van der Waals surface area contributed by atoms with Crippen LogP contribution in [0.15, 0.2) is 78.9 Å². The van der Waals surface area contributed by atoms with E-state index in [0.717, 1.165) is 32.0 Å². The van der Waals surface area contributed by atoms with Crippen LogP contribution in [0.4, 0.5) is 11.4 Å². The van der Waals surface area contributed by atoms with E-state index in [2.05, 4.69) is 10.2 Å². The molecule has 29 heavy (non-hydrogen) atoms. The number of benzene rings is 3. The van der Waals surface area contributed by atoms with Gasteiger partial charge in [-0.2, -0.15) is 0 Å². The number of anilines is 2. The normalized spacial score (nSPS) is 13.7. The van der Waals surface area contributed by atoms with E-state index in [9.17, 15) is 9.59 Å². The third-order valence-corrected chi connectivity index (χ3v) is 4.95. The molecule has 0 spiro atoms. The monoisotopic (exact) mass is 386 g/mol. The highest BCUT2D eigenvalue weighted by atomic mass is 16.5. The number of amides is 1. The van der Waals surface area contributed by atoms with Crippen molar-refractivity contribution in [3.8, 4) is 0 Å². The van der Waals surface area contributed by atoms with Gasteiger partial charge in [0.15, 0.2) is 5.78 Å². The summed E-state index contributed by atoms with van der Waals surface area (Å²) in [5.41, 5.74) is 3.10. The van der Waals surface area contributed by atoms with Gasteiger partial charge in [0, 0.05) is 35.6 Å². The molecule has 1 N–H and O–H groups in total. The number of ketones is 1. The zero-order chi connectivity index (χ0) is 20.1. The average Bonchev–Trinajstić information content (AvgIpc) is 2.80. The molecular formula is C24H22N2O3. The van der Waals surface area contributed by atoms with Gasteiger partial charge < -0.3 is 15.0 Å². The number of nitrogens with one attached hydrogen (secondary N) is 1. The second-order valence-corrected chi connectivity index (χ2v) is 6.84. The van der Waals surface area contributed by atoms with Gasteiger partial charge in [-0.3, -0.25) is 9.59 Å². The largest absolute Gasteiger partial charge is 0.378 e. The van der Waals surface area contributed by atoms with Gasteiger partial charge in [0.1, 0.15) is 0 Å². The van der Waals surface area contributed by atoms with Crippen LogP contribution < -0.4 is 10.2 Å².